The number of hydrogen-bond acceptors (Lipinski definition) is 5. The van der Waals surface area contributed by atoms with Crippen LogP contribution >= 0.6 is 11.6 Å². The zero-order chi connectivity index (χ0) is 22.3. The average Bonchev–Trinajstić information content (AvgIpc) is 3.05. The number of fused-ring (bicyclic) bond motifs is 1. The maximum Gasteiger partial charge on any atom is 0.290 e. The van der Waals surface area contributed by atoms with E-state index in [1.54, 1.807) is 30.3 Å². The summed E-state index contributed by atoms with van der Waals surface area (Å²) in [6, 6.07) is 11.3. The number of hydrogen-bond donors (Lipinski definition) is 0. The number of halogens is 1. The zero-order valence-corrected chi connectivity index (χ0v) is 18.8. The second-order valence-electron chi connectivity index (χ2n) is 8.05. The lowest BCUT2D eigenvalue weighted by Gasteiger charge is -2.28. The fourth-order valence-corrected chi connectivity index (χ4v) is 5.94. The fourth-order valence-electron chi connectivity index (χ4n) is 4.09. The summed E-state index contributed by atoms with van der Waals surface area (Å²) in [5.74, 6) is -0.680. The number of benzene rings is 2. The van der Waals surface area contributed by atoms with E-state index in [-0.39, 0.29) is 29.2 Å². The highest BCUT2D eigenvalue weighted by Gasteiger charge is 2.36. The van der Waals surface area contributed by atoms with Gasteiger partial charge < -0.3 is 9.32 Å². The smallest absolute Gasteiger partial charge is 0.290 e. The van der Waals surface area contributed by atoms with E-state index in [9.17, 15) is 18.0 Å². The first-order chi connectivity index (χ1) is 14.6. The van der Waals surface area contributed by atoms with Crippen molar-refractivity contribution in [2.75, 3.05) is 11.5 Å². The Hall–Kier alpha value is -2.64. The molecular weight excluding hydrogens is 438 g/mol. The van der Waals surface area contributed by atoms with E-state index in [0.717, 1.165) is 16.7 Å². The van der Waals surface area contributed by atoms with E-state index in [4.69, 9.17) is 16.0 Å². The summed E-state index contributed by atoms with van der Waals surface area (Å²) in [5.41, 5.74) is 2.55. The van der Waals surface area contributed by atoms with Crippen LogP contribution in [-0.4, -0.2) is 36.8 Å². The highest BCUT2D eigenvalue weighted by Crippen LogP contribution is 2.25. The van der Waals surface area contributed by atoms with Gasteiger partial charge >= 0.3 is 0 Å². The highest BCUT2D eigenvalue weighted by atomic mass is 35.5. The van der Waals surface area contributed by atoms with Crippen molar-refractivity contribution in [2.24, 2.45) is 0 Å². The second kappa shape index (κ2) is 8.13. The van der Waals surface area contributed by atoms with Crippen LogP contribution < -0.4 is 5.43 Å². The Kier molecular flexibility index (Phi) is 5.66. The molecule has 0 N–H and O–H groups in total. The number of aryl methyl sites for hydroxylation is 2. The number of amides is 1. The summed E-state index contributed by atoms with van der Waals surface area (Å²) < 4.78 is 30.0. The predicted molar refractivity (Wildman–Crippen MR) is 120 cm³/mol. The van der Waals surface area contributed by atoms with Crippen molar-refractivity contribution in [3.05, 3.63) is 80.2 Å². The highest BCUT2D eigenvalue weighted by molar-refractivity contribution is 7.91. The molecule has 4 rings (SSSR count). The minimum absolute atomic E-state index is 0.0299. The van der Waals surface area contributed by atoms with E-state index in [1.807, 2.05) is 19.9 Å². The SMILES string of the molecule is Cc1cc(C)c2c(=O)cc(C(=O)N(Cc3ccc(Cl)cc3)[C@@H]3CCS(=O)(=O)C3)oc2c1. The van der Waals surface area contributed by atoms with Crippen LogP contribution in [0.3, 0.4) is 0 Å². The first-order valence-corrected chi connectivity index (χ1v) is 12.1. The monoisotopic (exact) mass is 459 g/mol. The Morgan fingerprint density at radius 2 is 1.87 bits per heavy atom. The van der Waals surface area contributed by atoms with Gasteiger partial charge in [-0.3, -0.25) is 9.59 Å². The summed E-state index contributed by atoms with van der Waals surface area (Å²) in [6.07, 6.45) is 0.345. The zero-order valence-electron chi connectivity index (χ0n) is 17.2. The molecule has 2 aromatic carbocycles. The molecule has 1 fully saturated rings. The van der Waals surface area contributed by atoms with Gasteiger partial charge in [0.05, 0.1) is 16.9 Å². The third kappa shape index (κ3) is 4.52. The standard InChI is InChI=1S/C23H22ClNO5S/c1-14-9-15(2)22-19(26)11-21(30-20(22)10-14)23(27)25(18-7-8-31(28,29)13-18)12-16-3-5-17(24)6-4-16/h3-6,9-11,18H,7-8,12-13H2,1-2H3/t18-/m1/s1. The van der Waals surface area contributed by atoms with Crippen molar-refractivity contribution >= 4 is 38.3 Å². The van der Waals surface area contributed by atoms with Crippen LogP contribution in [-0.2, 0) is 16.4 Å². The Bertz CT molecular complexity index is 1330. The molecule has 1 amide bonds. The molecule has 6 nitrogen and oxygen atoms in total. The number of rotatable bonds is 4. The molecular formula is C23H22ClNO5S. The predicted octanol–water partition coefficient (Wildman–Crippen LogP) is 3.89. The Morgan fingerprint density at radius 1 is 1.16 bits per heavy atom. The molecule has 8 heteroatoms. The minimum Gasteiger partial charge on any atom is -0.451 e. The number of carbonyl (C=O) groups excluding carboxylic acids is 1. The van der Waals surface area contributed by atoms with Crippen molar-refractivity contribution in [2.45, 2.75) is 32.9 Å². The summed E-state index contributed by atoms with van der Waals surface area (Å²) in [7, 11) is -3.22. The second-order valence-corrected chi connectivity index (χ2v) is 10.7. The van der Waals surface area contributed by atoms with Gasteiger partial charge in [0.15, 0.2) is 21.0 Å². The first kappa shape index (κ1) is 21.6. The maximum absolute atomic E-state index is 13.5. The molecule has 0 bridgehead atoms. The van der Waals surface area contributed by atoms with Crippen molar-refractivity contribution in [3.8, 4) is 0 Å². The van der Waals surface area contributed by atoms with Gasteiger partial charge in [-0.15, -0.1) is 0 Å². The minimum atomic E-state index is -3.22. The number of carbonyl (C=O) groups is 1. The Morgan fingerprint density at radius 3 is 2.52 bits per heavy atom. The van der Waals surface area contributed by atoms with E-state index in [1.165, 1.54) is 11.0 Å². The summed E-state index contributed by atoms with van der Waals surface area (Å²) in [4.78, 5) is 27.7. The van der Waals surface area contributed by atoms with Gasteiger partial charge in [-0.2, -0.15) is 0 Å². The van der Waals surface area contributed by atoms with Gasteiger partial charge in [0.25, 0.3) is 5.91 Å². The summed E-state index contributed by atoms with van der Waals surface area (Å²) >= 11 is 5.96. The topological polar surface area (TPSA) is 84.7 Å². The molecule has 1 saturated heterocycles. The number of sulfone groups is 1. The van der Waals surface area contributed by atoms with E-state index >= 15 is 0 Å². The molecule has 162 valence electrons. The summed E-state index contributed by atoms with van der Waals surface area (Å²) in [6.45, 7) is 3.89. The Labute approximate surface area is 185 Å². The largest absolute Gasteiger partial charge is 0.451 e. The molecule has 1 aromatic heterocycles. The Balaban J connectivity index is 1.76. The molecule has 31 heavy (non-hydrogen) atoms. The normalized spacial score (nSPS) is 17.7. The van der Waals surface area contributed by atoms with Crippen molar-refractivity contribution < 1.29 is 17.6 Å². The average molecular weight is 460 g/mol. The van der Waals surface area contributed by atoms with Gasteiger partial charge in [-0.05, 0) is 55.2 Å². The number of nitrogens with zero attached hydrogens (tertiary/aromatic N) is 1. The first-order valence-electron chi connectivity index (χ1n) is 9.94. The van der Waals surface area contributed by atoms with Crippen LogP contribution in [0.25, 0.3) is 11.0 Å². The molecule has 3 aromatic rings. The van der Waals surface area contributed by atoms with E-state index in [2.05, 4.69) is 0 Å². The van der Waals surface area contributed by atoms with Crippen LogP contribution in [0.15, 0.2) is 51.7 Å². The third-order valence-electron chi connectivity index (χ3n) is 5.56. The van der Waals surface area contributed by atoms with Crippen molar-refractivity contribution in [3.63, 3.8) is 0 Å². The molecule has 0 aliphatic carbocycles. The quantitative estimate of drug-likeness (QED) is 0.590. The van der Waals surface area contributed by atoms with Gasteiger partial charge in [0, 0.05) is 23.7 Å². The molecule has 0 saturated carbocycles. The van der Waals surface area contributed by atoms with Crippen LogP contribution in [0.4, 0.5) is 0 Å². The van der Waals surface area contributed by atoms with Crippen LogP contribution in [0.1, 0.15) is 33.7 Å². The lowest BCUT2D eigenvalue weighted by Crippen LogP contribution is -2.40. The van der Waals surface area contributed by atoms with Gasteiger partial charge in [0.2, 0.25) is 0 Å². The molecule has 1 atom stereocenters. The van der Waals surface area contributed by atoms with Crippen LogP contribution in [0.5, 0.6) is 0 Å². The molecule has 1 aliphatic heterocycles. The molecule has 0 unspecified atom stereocenters. The lowest BCUT2D eigenvalue weighted by molar-refractivity contribution is 0.0648. The van der Waals surface area contributed by atoms with Crippen molar-refractivity contribution in [1.82, 2.24) is 4.90 Å². The van der Waals surface area contributed by atoms with Gasteiger partial charge in [-0.1, -0.05) is 29.8 Å². The van der Waals surface area contributed by atoms with E-state index in [0.29, 0.717) is 22.4 Å². The van der Waals surface area contributed by atoms with E-state index < -0.39 is 21.8 Å². The van der Waals surface area contributed by atoms with Crippen molar-refractivity contribution in [1.29, 1.82) is 0 Å². The maximum atomic E-state index is 13.5. The lowest BCUT2D eigenvalue weighted by atomic mass is 10.1. The molecule has 0 radical (unpaired) electrons. The summed E-state index contributed by atoms with van der Waals surface area (Å²) in [5, 5.41) is 1.01. The molecule has 1 aliphatic rings. The van der Waals surface area contributed by atoms with Crippen LogP contribution in [0.2, 0.25) is 5.02 Å². The molecule has 2 heterocycles. The molecule has 0 spiro atoms. The van der Waals surface area contributed by atoms with Crippen LogP contribution in [0, 0.1) is 13.8 Å². The third-order valence-corrected chi connectivity index (χ3v) is 7.56. The van der Waals surface area contributed by atoms with Gasteiger partial charge in [-0.25, -0.2) is 8.42 Å². The van der Waals surface area contributed by atoms with Gasteiger partial charge in [0.1, 0.15) is 5.58 Å². The fraction of sp³-hybridized carbons (Fsp3) is 0.304.